The molecule has 21 heavy (non-hydrogen) atoms. The Morgan fingerprint density at radius 2 is 1.38 bits per heavy atom. The van der Waals surface area contributed by atoms with Crippen LogP contribution in [0.2, 0.25) is 0 Å². The Balaban J connectivity index is 2.19. The number of rotatable bonds is 6. The number of hydrogen-bond acceptors (Lipinski definition) is 1. The minimum absolute atomic E-state index is 0.0769. The van der Waals surface area contributed by atoms with Crippen LogP contribution in [0.15, 0.2) is 60.7 Å². The monoisotopic (exact) mass is 281 g/mol. The number of carbonyl (C=O) groups excluding carboxylic acids is 1. The molecule has 0 spiro atoms. The summed E-state index contributed by atoms with van der Waals surface area (Å²) >= 11 is 0. The number of benzene rings is 2. The van der Waals surface area contributed by atoms with E-state index in [-0.39, 0.29) is 11.8 Å². The first kappa shape index (κ1) is 15.3. The van der Waals surface area contributed by atoms with Gasteiger partial charge in [0.15, 0.2) is 0 Å². The normalized spacial score (nSPS) is 10.9. The highest BCUT2D eigenvalue weighted by atomic mass is 16.1. The highest BCUT2D eigenvalue weighted by Gasteiger charge is 2.21. The Kier molecular flexibility index (Phi) is 5.56. The number of nitrogens with one attached hydrogen (secondary N) is 1. The molecule has 0 saturated carbocycles. The Morgan fingerprint density at radius 3 is 1.81 bits per heavy atom. The molecule has 0 heterocycles. The summed E-state index contributed by atoms with van der Waals surface area (Å²) in [6.45, 7) is 5.06. The third kappa shape index (κ3) is 4.45. The van der Waals surface area contributed by atoms with Crippen LogP contribution in [0.3, 0.4) is 0 Å². The molecule has 0 fully saturated rings. The predicted molar refractivity (Wildman–Crippen MR) is 87.2 cm³/mol. The van der Waals surface area contributed by atoms with E-state index >= 15 is 0 Å². The molecule has 1 amide bonds. The van der Waals surface area contributed by atoms with Gasteiger partial charge in [-0.2, -0.15) is 0 Å². The van der Waals surface area contributed by atoms with Gasteiger partial charge < -0.3 is 5.32 Å². The minimum Gasteiger partial charge on any atom is -0.355 e. The number of amides is 1. The van der Waals surface area contributed by atoms with Gasteiger partial charge in [0, 0.05) is 6.54 Å². The van der Waals surface area contributed by atoms with Crippen molar-refractivity contribution >= 4 is 5.91 Å². The third-order valence-electron chi connectivity index (χ3n) is 3.55. The van der Waals surface area contributed by atoms with E-state index in [1.807, 2.05) is 60.7 Å². The summed E-state index contributed by atoms with van der Waals surface area (Å²) in [6.07, 6.45) is 1.00. The van der Waals surface area contributed by atoms with Gasteiger partial charge in [-0.1, -0.05) is 74.5 Å². The van der Waals surface area contributed by atoms with Crippen LogP contribution in [0.1, 0.15) is 37.3 Å². The summed E-state index contributed by atoms with van der Waals surface area (Å²) < 4.78 is 0. The summed E-state index contributed by atoms with van der Waals surface area (Å²) in [7, 11) is 0. The van der Waals surface area contributed by atoms with Gasteiger partial charge in [0.2, 0.25) is 5.91 Å². The maximum atomic E-state index is 12.6. The van der Waals surface area contributed by atoms with Crippen LogP contribution in [-0.2, 0) is 4.79 Å². The molecular weight excluding hydrogens is 258 g/mol. The molecule has 0 bridgehead atoms. The van der Waals surface area contributed by atoms with Crippen molar-refractivity contribution in [3.63, 3.8) is 0 Å². The second-order valence-electron chi connectivity index (χ2n) is 5.73. The fourth-order valence-corrected chi connectivity index (χ4v) is 2.37. The van der Waals surface area contributed by atoms with Crippen molar-refractivity contribution in [2.24, 2.45) is 5.92 Å². The van der Waals surface area contributed by atoms with Crippen molar-refractivity contribution in [2.45, 2.75) is 26.2 Å². The minimum atomic E-state index is -0.237. The molecule has 2 aromatic carbocycles. The lowest BCUT2D eigenvalue weighted by atomic mass is 9.90. The van der Waals surface area contributed by atoms with E-state index in [0.29, 0.717) is 5.92 Å². The zero-order valence-electron chi connectivity index (χ0n) is 12.8. The number of hydrogen-bond donors (Lipinski definition) is 1. The van der Waals surface area contributed by atoms with Crippen LogP contribution < -0.4 is 5.32 Å². The molecule has 2 aromatic rings. The fourth-order valence-electron chi connectivity index (χ4n) is 2.37. The van der Waals surface area contributed by atoms with Crippen molar-refractivity contribution in [1.29, 1.82) is 0 Å². The first-order valence-corrected chi connectivity index (χ1v) is 7.56. The summed E-state index contributed by atoms with van der Waals surface area (Å²) in [5.74, 6) is 0.435. The predicted octanol–water partition coefficient (Wildman–Crippen LogP) is 3.98. The van der Waals surface area contributed by atoms with Crippen molar-refractivity contribution in [1.82, 2.24) is 5.32 Å². The van der Waals surface area contributed by atoms with Crippen molar-refractivity contribution in [3.05, 3.63) is 71.8 Å². The molecule has 0 aliphatic heterocycles. The van der Waals surface area contributed by atoms with Gasteiger partial charge in [-0.15, -0.1) is 0 Å². The van der Waals surface area contributed by atoms with E-state index < -0.39 is 0 Å². The summed E-state index contributed by atoms with van der Waals surface area (Å²) in [4.78, 5) is 12.6. The molecule has 0 aliphatic rings. The van der Waals surface area contributed by atoms with Crippen molar-refractivity contribution in [3.8, 4) is 0 Å². The van der Waals surface area contributed by atoms with Crippen LogP contribution in [-0.4, -0.2) is 12.5 Å². The van der Waals surface area contributed by atoms with E-state index in [9.17, 15) is 4.79 Å². The molecule has 0 aromatic heterocycles. The van der Waals surface area contributed by atoms with Crippen LogP contribution >= 0.6 is 0 Å². The van der Waals surface area contributed by atoms with Crippen LogP contribution in [0.5, 0.6) is 0 Å². The van der Waals surface area contributed by atoms with Gasteiger partial charge in [0.05, 0.1) is 5.92 Å². The second kappa shape index (κ2) is 7.63. The summed E-state index contributed by atoms with van der Waals surface area (Å²) in [6, 6.07) is 19.9. The summed E-state index contributed by atoms with van der Waals surface area (Å²) in [5, 5.41) is 3.07. The average Bonchev–Trinajstić information content (AvgIpc) is 2.49. The highest BCUT2D eigenvalue weighted by Crippen LogP contribution is 2.24. The maximum absolute atomic E-state index is 12.6. The first-order chi connectivity index (χ1) is 10.2. The second-order valence-corrected chi connectivity index (χ2v) is 5.73. The lowest BCUT2D eigenvalue weighted by Gasteiger charge is -2.18. The molecular formula is C19H23NO. The standard InChI is InChI=1S/C19H23NO/c1-15(2)13-14-20-19(21)18(16-9-5-3-6-10-16)17-11-7-4-8-12-17/h3-12,15,18H,13-14H2,1-2H3,(H,20,21). The molecule has 2 rings (SSSR count). The van der Waals surface area contributed by atoms with Gasteiger partial charge >= 0.3 is 0 Å². The largest absolute Gasteiger partial charge is 0.355 e. The topological polar surface area (TPSA) is 29.1 Å². The van der Waals surface area contributed by atoms with E-state index in [1.54, 1.807) is 0 Å². The quantitative estimate of drug-likeness (QED) is 0.852. The molecule has 0 unspecified atom stereocenters. The zero-order valence-corrected chi connectivity index (χ0v) is 12.8. The van der Waals surface area contributed by atoms with Gasteiger partial charge in [-0.25, -0.2) is 0 Å². The molecule has 2 nitrogen and oxygen atoms in total. The Bertz CT molecular complexity index is 509. The Morgan fingerprint density at radius 1 is 0.905 bits per heavy atom. The van der Waals surface area contributed by atoms with E-state index in [2.05, 4.69) is 19.2 Å². The van der Waals surface area contributed by atoms with Gasteiger partial charge in [-0.05, 0) is 23.5 Å². The molecule has 2 heteroatoms. The van der Waals surface area contributed by atoms with E-state index in [4.69, 9.17) is 0 Å². The first-order valence-electron chi connectivity index (χ1n) is 7.56. The highest BCUT2D eigenvalue weighted by molar-refractivity contribution is 5.87. The molecule has 0 saturated heterocycles. The SMILES string of the molecule is CC(C)CCNC(=O)C(c1ccccc1)c1ccccc1. The van der Waals surface area contributed by atoms with Crippen LogP contribution in [0.25, 0.3) is 0 Å². The summed E-state index contributed by atoms with van der Waals surface area (Å²) in [5.41, 5.74) is 2.07. The Hall–Kier alpha value is -2.09. The molecule has 1 N–H and O–H groups in total. The van der Waals surface area contributed by atoms with Gasteiger partial charge in [0.25, 0.3) is 0 Å². The van der Waals surface area contributed by atoms with Gasteiger partial charge in [0.1, 0.15) is 0 Å². The van der Waals surface area contributed by atoms with Crippen LogP contribution in [0, 0.1) is 5.92 Å². The fraction of sp³-hybridized carbons (Fsp3) is 0.316. The van der Waals surface area contributed by atoms with Crippen LogP contribution in [0.4, 0.5) is 0 Å². The van der Waals surface area contributed by atoms with Crippen molar-refractivity contribution < 1.29 is 4.79 Å². The third-order valence-corrected chi connectivity index (χ3v) is 3.55. The molecule has 0 radical (unpaired) electrons. The molecule has 110 valence electrons. The van der Waals surface area contributed by atoms with Crippen molar-refractivity contribution in [2.75, 3.05) is 6.54 Å². The average molecular weight is 281 g/mol. The zero-order chi connectivity index (χ0) is 15.1. The van der Waals surface area contributed by atoms with E-state index in [1.165, 1.54) is 0 Å². The Labute approximate surface area is 127 Å². The molecule has 0 atom stereocenters. The molecule has 0 aliphatic carbocycles. The lowest BCUT2D eigenvalue weighted by molar-refractivity contribution is -0.121. The number of carbonyl (C=O) groups is 1. The maximum Gasteiger partial charge on any atom is 0.232 e. The smallest absolute Gasteiger partial charge is 0.232 e. The van der Waals surface area contributed by atoms with E-state index in [0.717, 1.165) is 24.1 Å². The van der Waals surface area contributed by atoms with Gasteiger partial charge in [-0.3, -0.25) is 4.79 Å². The lowest BCUT2D eigenvalue weighted by Crippen LogP contribution is -2.31.